The first-order chi connectivity index (χ1) is 8.23. The lowest BCUT2D eigenvalue weighted by molar-refractivity contribution is 0.253. The Hall–Kier alpha value is -1.19. The lowest BCUT2D eigenvalue weighted by Gasteiger charge is -2.06. The Labute approximate surface area is 105 Å². The summed E-state index contributed by atoms with van der Waals surface area (Å²) in [7, 11) is 0. The molecule has 0 aliphatic heterocycles. The molecule has 1 aliphatic carbocycles. The van der Waals surface area contributed by atoms with Crippen LogP contribution in [0.5, 0.6) is 0 Å². The number of aliphatic hydroxyl groups is 1. The van der Waals surface area contributed by atoms with Crippen LogP contribution in [0.1, 0.15) is 24.1 Å². The molecule has 0 saturated heterocycles. The predicted octanol–water partition coefficient (Wildman–Crippen LogP) is 3.14. The zero-order valence-corrected chi connectivity index (χ0v) is 10.6. The smallest absolute Gasteiger partial charge is 0.123 e. The number of nitrogens with zero attached hydrogens (tertiary/aromatic N) is 1. The van der Waals surface area contributed by atoms with Crippen molar-refractivity contribution < 1.29 is 5.11 Å². The maximum Gasteiger partial charge on any atom is 0.123 e. The van der Waals surface area contributed by atoms with E-state index in [2.05, 4.69) is 41.6 Å². The lowest BCUT2D eigenvalue weighted by Crippen LogP contribution is -2.11. The molecule has 3 heteroatoms. The van der Waals surface area contributed by atoms with E-state index >= 15 is 0 Å². The highest BCUT2D eigenvalue weighted by molar-refractivity contribution is 7.13. The molecule has 17 heavy (non-hydrogen) atoms. The van der Waals surface area contributed by atoms with Crippen LogP contribution in [-0.2, 0) is 5.41 Å². The first-order valence-corrected chi connectivity index (χ1v) is 6.75. The first kappa shape index (κ1) is 10.9. The number of aromatic nitrogens is 1. The summed E-state index contributed by atoms with van der Waals surface area (Å²) in [4.78, 5) is 4.67. The number of aryl methyl sites for hydroxylation is 1. The third-order valence-electron chi connectivity index (χ3n) is 3.50. The minimum Gasteiger partial charge on any atom is -0.395 e. The number of hydrogen-bond donors (Lipinski definition) is 1. The van der Waals surface area contributed by atoms with E-state index in [1.54, 1.807) is 11.3 Å². The van der Waals surface area contributed by atoms with Gasteiger partial charge in [0.2, 0.25) is 0 Å². The van der Waals surface area contributed by atoms with Crippen molar-refractivity contribution in [2.45, 2.75) is 25.2 Å². The Morgan fingerprint density at radius 2 is 2.00 bits per heavy atom. The topological polar surface area (TPSA) is 33.1 Å². The molecular formula is C14H15NOS. The van der Waals surface area contributed by atoms with Gasteiger partial charge < -0.3 is 5.11 Å². The van der Waals surface area contributed by atoms with Crippen molar-refractivity contribution in [2.75, 3.05) is 6.61 Å². The summed E-state index contributed by atoms with van der Waals surface area (Å²) < 4.78 is 0. The second-order valence-electron chi connectivity index (χ2n) is 4.84. The zero-order chi connectivity index (χ0) is 11.9. The quantitative estimate of drug-likeness (QED) is 0.901. The van der Waals surface area contributed by atoms with Crippen LogP contribution in [0.25, 0.3) is 10.6 Å². The summed E-state index contributed by atoms with van der Waals surface area (Å²) in [5.74, 6) is 0. The number of rotatable bonds is 3. The van der Waals surface area contributed by atoms with Crippen LogP contribution < -0.4 is 0 Å². The molecule has 1 fully saturated rings. The Bertz CT molecular complexity index is 525. The van der Waals surface area contributed by atoms with Gasteiger partial charge in [0, 0.05) is 16.4 Å². The van der Waals surface area contributed by atoms with E-state index in [-0.39, 0.29) is 12.0 Å². The van der Waals surface area contributed by atoms with E-state index in [1.807, 2.05) is 0 Å². The Kier molecular flexibility index (Phi) is 2.53. The lowest BCUT2D eigenvalue weighted by atomic mass is 10.1. The minimum atomic E-state index is -0.0144. The third kappa shape index (κ3) is 1.90. The summed E-state index contributed by atoms with van der Waals surface area (Å²) in [6, 6.07) is 8.43. The van der Waals surface area contributed by atoms with E-state index in [4.69, 9.17) is 0 Å². The zero-order valence-electron chi connectivity index (χ0n) is 9.81. The van der Waals surface area contributed by atoms with Gasteiger partial charge in [-0.15, -0.1) is 11.3 Å². The monoisotopic (exact) mass is 245 g/mol. The molecule has 0 bridgehead atoms. The van der Waals surface area contributed by atoms with Gasteiger partial charge in [-0.05, 0) is 19.8 Å². The van der Waals surface area contributed by atoms with E-state index in [0.717, 1.165) is 23.5 Å². The maximum absolute atomic E-state index is 9.39. The van der Waals surface area contributed by atoms with Gasteiger partial charge in [-0.25, -0.2) is 4.98 Å². The Morgan fingerprint density at radius 3 is 2.59 bits per heavy atom. The normalized spacial score (nSPS) is 17.1. The van der Waals surface area contributed by atoms with E-state index in [1.165, 1.54) is 11.1 Å². The molecule has 88 valence electrons. The summed E-state index contributed by atoms with van der Waals surface area (Å²) in [5.41, 5.74) is 3.49. The molecular weight excluding hydrogens is 230 g/mol. The fraction of sp³-hybridized carbons (Fsp3) is 0.357. The van der Waals surface area contributed by atoms with Gasteiger partial charge in [0.25, 0.3) is 0 Å². The summed E-state index contributed by atoms with van der Waals surface area (Å²) >= 11 is 1.67. The molecule has 0 radical (unpaired) electrons. The molecule has 2 aromatic rings. The second-order valence-corrected chi connectivity index (χ2v) is 5.70. The summed E-state index contributed by atoms with van der Waals surface area (Å²) in [5, 5.41) is 12.5. The van der Waals surface area contributed by atoms with Crippen molar-refractivity contribution in [1.29, 1.82) is 0 Å². The Balaban J connectivity index is 1.92. The molecule has 1 heterocycles. The molecule has 0 unspecified atom stereocenters. The van der Waals surface area contributed by atoms with Gasteiger partial charge in [0.15, 0.2) is 0 Å². The maximum atomic E-state index is 9.39. The highest BCUT2D eigenvalue weighted by Gasteiger charge is 2.45. The third-order valence-corrected chi connectivity index (χ3v) is 4.39. The molecule has 1 aromatic carbocycles. The van der Waals surface area contributed by atoms with Crippen molar-refractivity contribution in [3.05, 3.63) is 40.9 Å². The van der Waals surface area contributed by atoms with Gasteiger partial charge in [-0.3, -0.25) is 0 Å². The average Bonchev–Trinajstić information content (AvgIpc) is 3.00. The number of benzene rings is 1. The van der Waals surface area contributed by atoms with Gasteiger partial charge >= 0.3 is 0 Å². The van der Waals surface area contributed by atoms with Crippen LogP contribution in [-0.4, -0.2) is 16.7 Å². The van der Waals surface area contributed by atoms with E-state index < -0.39 is 0 Å². The molecule has 3 rings (SSSR count). The average molecular weight is 245 g/mol. The number of aliphatic hydroxyl groups excluding tert-OH is 1. The van der Waals surface area contributed by atoms with Crippen molar-refractivity contribution >= 4 is 11.3 Å². The van der Waals surface area contributed by atoms with Gasteiger partial charge in [0.05, 0.1) is 12.3 Å². The largest absolute Gasteiger partial charge is 0.395 e. The molecule has 1 aliphatic rings. The van der Waals surface area contributed by atoms with E-state index in [0.29, 0.717) is 0 Å². The molecule has 1 N–H and O–H groups in total. The van der Waals surface area contributed by atoms with Crippen molar-refractivity contribution in [2.24, 2.45) is 0 Å². The van der Waals surface area contributed by atoms with Gasteiger partial charge in [-0.1, -0.05) is 29.8 Å². The SMILES string of the molecule is Cc1ccc(-c2nc(C3(CO)CC3)cs2)cc1. The van der Waals surface area contributed by atoms with Crippen LogP contribution in [0, 0.1) is 6.92 Å². The molecule has 0 amide bonds. The van der Waals surface area contributed by atoms with Crippen LogP contribution in [0.4, 0.5) is 0 Å². The standard InChI is InChI=1S/C14H15NOS/c1-10-2-4-11(5-3-10)13-15-12(8-17-13)14(9-16)6-7-14/h2-5,8,16H,6-7,9H2,1H3. The van der Waals surface area contributed by atoms with Crippen LogP contribution in [0.3, 0.4) is 0 Å². The van der Waals surface area contributed by atoms with Crippen LogP contribution in [0.15, 0.2) is 29.6 Å². The van der Waals surface area contributed by atoms with Crippen LogP contribution >= 0.6 is 11.3 Å². The molecule has 1 saturated carbocycles. The minimum absolute atomic E-state index is 0.0144. The summed E-state index contributed by atoms with van der Waals surface area (Å²) in [6.07, 6.45) is 2.14. The predicted molar refractivity (Wildman–Crippen MR) is 70.3 cm³/mol. The Morgan fingerprint density at radius 1 is 1.29 bits per heavy atom. The number of hydrogen-bond acceptors (Lipinski definition) is 3. The van der Waals surface area contributed by atoms with Crippen molar-refractivity contribution in [1.82, 2.24) is 4.98 Å². The van der Waals surface area contributed by atoms with E-state index in [9.17, 15) is 5.11 Å². The van der Waals surface area contributed by atoms with Crippen LogP contribution in [0.2, 0.25) is 0 Å². The van der Waals surface area contributed by atoms with Crippen molar-refractivity contribution in [3.8, 4) is 10.6 Å². The summed E-state index contributed by atoms with van der Waals surface area (Å²) in [6.45, 7) is 2.31. The molecule has 2 nitrogen and oxygen atoms in total. The molecule has 1 aromatic heterocycles. The highest BCUT2D eigenvalue weighted by atomic mass is 32.1. The highest BCUT2D eigenvalue weighted by Crippen LogP contribution is 2.48. The fourth-order valence-electron chi connectivity index (χ4n) is 1.99. The van der Waals surface area contributed by atoms with Gasteiger partial charge in [0.1, 0.15) is 5.01 Å². The first-order valence-electron chi connectivity index (χ1n) is 5.87. The number of thiazole rings is 1. The fourth-order valence-corrected chi connectivity index (χ4v) is 2.94. The molecule has 0 spiro atoms. The van der Waals surface area contributed by atoms with Gasteiger partial charge in [-0.2, -0.15) is 0 Å². The molecule has 0 atom stereocenters. The second kappa shape index (κ2) is 3.93. The van der Waals surface area contributed by atoms with Crippen molar-refractivity contribution in [3.63, 3.8) is 0 Å².